The van der Waals surface area contributed by atoms with Crippen LogP contribution in [0, 0.1) is 6.92 Å². The molecule has 0 spiro atoms. The minimum atomic E-state index is -3.36. The second-order valence-corrected chi connectivity index (χ2v) is 10.7. The van der Waals surface area contributed by atoms with Crippen LogP contribution >= 0.6 is 0 Å². The molecule has 1 aliphatic rings. The van der Waals surface area contributed by atoms with E-state index in [9.17, 15) is 9.59 Å². The van der Waals surface area contributed by atoms with Crippen LogP contribution < -0.4 is 10.6 Å². The molecule has 2 N–H and O–H groups in total. The monoisotopic (exact) mass is 587 g/mol. The van der Waals surface area contributed by atoms with Crippen LogP contribution in [-0.2, 0) is 11.3 Å². The lowest BCUT2D eigenvalue weighted by molar-refractivity contribution is 0.0139. The standard InChI is InChI=1S/C33H37N7O3/c1-23-7-12-27(20-29(23)38-31-35-15-13-28(37-31)26-6-5-14-34-21-26)36-30(41)25-10-8-24(9-11-25)22-39-16-18-40(19-17-39)32(42)43-33(2,3)4/h5-15,20-21H,16-19,22H2,1-4H3,(H,36,41)(H,35,37,38)/i16D2,17D2,18D2,19D2. The van der Waals surface area contributed by atoms with Crippen molar-refractivity contribution in [2.24, 2.45) is 0 Å². The molecule has 0 bridgehead atoms. The van der Waals surface area contributed by atoms with Crippen LogP contribution in [0.15, 0.2) is 79.3 Å². The first kappa shape index (κ1) is 21.0. The summed E-state index contributed by atoms with van der Waals surface area (Å²) < 4.78 is 73.5. The summed E-state index contributed by atoms with van der Waals surface area (Å²) in [5.74, 6) is -0.129. The fourth-order valence-corrected chi connectivity index (χ4v) is 3.95. The number of pyridine rings is 1. The van der Waals surface area contributed by atoms with Gasteiger partial charge < -0.3 is 20.3 Å². The van der Waals surface area contributed by atoms with Crippen molar-refractivity contribution in [2.45, 2.75) is 39.8 Å². The summed E-state index contributed by atoms with van der Waals surface area (Å²) in [6, 6.07) is 16.5. The second-order valence-electron chi connectivity index (χ2n) is 10.7. The third-order valence-corrected chi connectivity index (χ3v) is 6.08. The molecule has 0 unspecified atom stereocenters. The zero-order valence-corrected chi connectivity index (χ0v) is 24.2. The van der Waals surface area contributed by atoms with Gasteiger partial charge >= 0.3 is 6.09 Å². The number of rotatable bonds is 7. The molecule has 3 heterocycles. The number of aryl methyl sites for hydroxylation is 1. The molecule has 10 heteroatoms. The van der Waals surface area contributed by atoms with Gasteiger partial charge in [0.05, 0.1) is 11.2 Å². The number of aromatic nitrogens is 3. The van der Waals surface area contributed by atoms with Crippen molar-refractivity contribution in [1.82, 2.24) is 24.8 Å². The Morgan fingerprint density at radius 2 is 1.77 bits per heavy atom. The molecule has 10 nitrogen and oxygen atoms in total. The summed E-state index contributed by atoms with van der Waals surface area (Å²) in [5.41, 5.74) is 2.78. The first-order chi connectivity index (χ1) is 23.6. The molecule has 0 saturated carbocycles. The van der Waals surface area contributed by atoms with Crippen molar-refractivity contribution in [2.75, 3.05) is 36.6 Å². The molecule has 2 amide bonds. The molecule has 1 fully saturated rings. The summed E-state index contributed by atoms with van der Waals surface area (Å²) in [4.78, 5) is 39.4. The number of hydrogen-bond donors (Lipinski definition) is 2. The average Bonchev–Trinajstić information content (AvgIpc) is 3.04. The van der Waals surface area contributed by atoms with Crippen molar-refractivity contribution in [3.8, 4) is 11.3 Å². The first-order valence-electron chi connectivity index (χ1n) is 17.5. The SMILES string of the molecule is [2H]C1([2H])N(Cc2ccc(C(=O)Nc3ccc(C)c(Nc4nccc(-c5cccnc5)n4)c3)cc2)C([2H])([2H])C([2H])([2H])N(C(=O)OC(C)(C)C)C1([2H])[2H]. The van der Waals surface area contributed by atoms with Crippen molar-refractivity contribution in [1.29, 1.82) is 0 Å². The molecule has 0 radical (unpaired) electrons. The maximum Gasteiger partial charge on any atom is 0.410 e. The highest BCUT2D eigenvalue weighted by Gasteiger charge is 2.25. The molecule has 5 rings (SSSR count). The number of nitrogens with zero attached hydrogens (tertiary/aromatic N) is 5. The molecule has 0 aliphatic carbocycles. The third-order valence-electron chi connectivity index (χ3n) is 6.08. The number of ether oxygens (including phenoxy) is 1. The van der Waals surface area contributed by atoms with Crippen LogP contribution in [0.4, 0.5) is 22.1 Å². The normalized spacial score (nSPS) is 21.3. The number of carbonyl (C=O) groups excluding carboxylic acids is 2. The molecule has 4 aromatic rings. The van der Waals surface area contributed by atoms with Gasteiger partial charge in [-0.25, -0.2) is 14.8 Å². The zero-order valence-electron chi connectivity index (χ0n) is 32.2. The number of anilines is 3. The summed E-state index contributed by atoms with van der Waals surface area (Å²) in [5, 5.41) is 6.01. The molecule has 1 aliphatic heterocycles. The highest BCUT2D eigenvalue weighted by Crippen LogP contribution is 2.25. The number of nitrogens with one attached hydrogen (secondary N) is 2. The summed E-state index contributed by atoms with van der Waals surface area (Å²) in [6.45, 7) is -7.48. The minimum Gasteiger partial charge on any atom is -0.444 e. The van der Waals surface area contributed by atoms with E-state index in [0.717, 1.165) is 11.1 Å². The van der Waals surface area contributed by atoms with Crippen LogP contribution in [0.25, 0.3) is 11.3 Å². The Labute approximate surface area is 263 Å². The van der Waals surface area contributed by atoms with Gasteiger partial charge in [-0.2, -0.15) is 0 Å². The van der Waals surface area contributed by atoms with E-state index >= 15 is 0 Å². The lowest BCUT2D eigenvalue weighted by atomic mass is 10.1. The van der Waals surface area contributed by atoms with Crippen LogP contribution in [0.1, 0.15) is 53.2 Å². The third kappa shape index (κ3) is 8.14. The van der Waals surface area contributed by atoms with Crippen molar-refractivity contribution in [3.63, 3.8) is 0 Å². The van der Waals surface area contributed by atoms with Gasteiger partial charge in [-0.1, -0.05) is 18.2 Å². The van der Waals surface area contributed by atoms with Gasteiger partial charge in [0.1, 0.15) is 5.60 Å². The largest absolute Gasteiger partial charge is 0.444 e. The Morgan fingerprint density at radius 1 is 1.00 bits per heavy atom. The molecule has 0 atom stereocenters. The summed E-state index contributed by atoms with van der Waals surface area (Å²) >= 11 is 0. The maximum absolute atomic E-state index is 13.2. The predicted octanol–water partition coefficient (Wildman–Crippen LogP) is 5.90. The van der Waals surface area contributed by atoms with Crippen molar-refractivity contribution >= 4 is 29.3 Å². The van der Waals surface area contributed by atoms with Crippen molar-refractivity contribution in [3.05, 3.63) is 95.9 Å². The maximum atomic E-state index is 13.2. The van der Waals surface area contributed by atoms with Crippen LogP contribution in [0.2, 0.25) is 0 Å². The van der Waals surface area contributed by atoms with Gasteiger partial charge in [-0.15, -0.1) is 0 Å². The lowest BCUT2D eigenvalue weighted by Crippen LogP contribution is -2.49. The topological polar surface area (TPSA) is 113 Å². The Balaban J connectivity index is 1.31. The number of piperazine rings is 1. The van der Waals surface area contributed by atoms with Gasteiger partial charge in [-0.05, 0) is 81.3 Å². The van der Waals surface area contributed by atoms with E-state index in [1.54, 1.807) is 36.8 Å². The van der Waals surface area contributed by atoms with E-state index < -0.39 is 50.1 Å². The molecule has 1 saturated heterocycles. The van der Waals surface area contributed by atoms with E-state index in [-0.39, 0.29) is 16.0 Å². The Bertz CT molecular complexity index is 1900. The molecule has 2 aromatic heterocycles. The quantitative estimate of drug-likeness (QED) is 0.275. The van der Waals surface area contributed by atoms with Gasteiger partial charge in [0, 0.05) is 79.1 Å². The fraction of sp³-hybridized carbons (Fsp3) is 0.303. The molecule has 43 heavy (non-hydrogen) atoms. The van der Waals surface area contributed by atoms with E-state index in [1.807, 2.05) is 25.1 Å². The molecule has 222 valence electrons. The van der Waals surface area contributed by atoms with E-state index in [4.69, 9.17) is 15.7 Å². The van der Waals surface area contributed by atoms with E-state index in [0.29, 0.717) is 27.9 Å². The number of hydrogen-bond acceptors (Lipinski definition) is 8. The summed E-state index contributed by atoms with van der Waals surface area (Å²) in [7, 11) is 0. The average molecular weight is 588 g/mol. The molecule has 2 aromatic carbocycles. The molecular weight excluding hydrogens is 542 g/mol. The first-order valence-corrected chi connectivity index (χ1v) is 13.5. The second kappa shape index (κ2) is 13.0. The smallest absolute Gasteiger partial charge is 0.410 e. The lowest BCUT2D eigenvalue weighted by Gasteiger charge is -2.35. The van der Waals surface area contributed by atoms with Crippen LogP contribution in [0.5, 0.6) is 0 Å². The van der Waals surface area contributed by atoms with Crippen LogP contribution in [-0.4, -0.2) is 68.3 Å². The van der Waals surface area contributed by atoms with Crippen molar-refractivity contribution < 1.29 is 25.3 Å². The zero-order chi connectivity index (χ0) is 37.6. The molecular formula is C33H37N7O3. The Morgan fingerprint density at radius 3 is 2.47 bits per heavy atom. The Hall–Kier alpha value is -4.83. The predicted molar refractivity (Wildman–Crippen MR) is 167 cm³/mol. The summed E-state index contributed by atoms with van der Waals surface area (Å²) in [6.07, 6.45) is 3.46. The highest BCUT2D eigenvalue weighted by molar-refractivity contribution is 6.04. The van der Waals surface area contributed by atoms with E-state index in [1.165, 1.54) is 45.0 Å². The van der Waals surface area contributed by atoms with Crippen LogP contribution in [0.3, 0.4) is 0 Å². The van der Waals surface area contributed by atoms with E-state index in [2.05, 4.69) is 25.6 Å². The number of amides is 2. The number of carbonyl (C=O) groups is 2. The Kier molecular flexibility index (Phi) is 6.33. The van der Waals surface area contributed by atoms with Gasteiger partial charge in [0.25, 0.3) is 5.91 Å². The highest BCUT2D eigenvalue weighted by atomic mass is 16.6. The minimum absolute atomic E-state index is 0.145. The van der Waals surface area contributed by atoms with Gasteiger partial charge in [0.2, 0.25) is 5.95 Å². The number of benzene rings is 2. The fourth-order valence-electron chi connectivity index (χ4n) is 3.95. The van der Waals surface area contributed by atoms with Gasteiger partial charge in [0.15, 0.2) is 0 Å². The van der Waals surface area contributed by atoms with Gasteiger partial charge in [-0.3, -0.25) is 14.7 Å².